The number of fused-ring (bicyclic) bond motifs is 1. The Hall–Kier alpha value is -1.75. The highest BCUT2D eigenvalue weighted by molar-refractivity contribution is 7.98. The second-order valence-corrected chi connectivity index (χ2v) is 8.21. The van der Waals surface area contributed by atoms with E-state index in [1.54, 1.807) is 0 Å². The molecule has 1 aromatic carbocycles. The third kappa shape index (κ3) is 6.94. The van der Waals surface area contributed by atoms with Crippen LogP contribution in [0.1, 0.15) is 46.1 Å². The summed E-state index contributed by atoms with van der Waals surface area (Å²) in [5, 5.41) is 4.16. The van der Waals surface area contributed by atoms with E-state index in [1.165, 1.54) is 5.56 Å². The lowest BCUT2D eigenvalue weighted by atomic mass is 10.2. The number of carbonyl (C=O) groups excluding carboxylic acids is 1. The number of benzene rings is 1. The van der Waals surface area contributed by atoms with Crippen LogP contribution >= 0.6 is 11.8 Å². The molecular weight excluding hydrogens is 332 g/mol. The molecule has 0 aliphatic carbocycles. The zero-order chi connectivity index (χ0) is 18.3. The molecule has 0 fully saturated rings. The molecule has 0 aliphatic heterocycles. The predicted molar refractivity (Wildman–Crippen MR) is 106 cm³/mol. The predicted octanol–water partition coefficient (Wildman–Crippen LogP) is 5.16. The number of amides is 1. The maximum atomic E-state index is 12.0. The summed E-state index contributed by atoms with van der Waals surface area (Å²) in [6, 6.07) is 10.4. The molecule has 1 heterocycles. The van der Waals surface area contributed by atoms with E-state index < -0.39 is 5.60 Å². The number of ether oxygens (including phenoxy) is 1. The Bertz CT molecular complexity index is 697. The van der Waals surface area contributed by atoms with E-state index in [0.29, 0.717) is 0 Å². The van der Waals surface area contributed by atoms with Crippen molar-refractivity contribution in [2.75, 3.05) is 5.75 Å². The van der Waals surface area contributed by atoms with Crippen molar-refractivity contribution in [3.05, 3.63) is 42.1 Å². The standard InChI is InChI=1S/C20H28N2O2S/c1-5-8-17(22-19(23)24-20(2,3)4)14-25-13-15-11-16-9-6-7-10-18(16)21-12-15/h6-7,9-12,17H,5,8,13-14H2,1-4H3,(H,22,23)/t17-/m0/s1. The van der Waals surface area contributed by atoms with Gasteiger partial charge in [0.15, 0.2) is 0 Å². The molecule has 0 radical (unpaired) electrons. The Labute approximate surface area is 154 Å². The van der Waals surface area contributed by atoms with E-state index in [-0.39, 0.29) is 12.1 Å². The van der Waals surface area contributed by atoms with Gasteiger partial charge in [-0.3, -0.25) is 4.98 Å². The van der Waals surface area contributed by atoms with Gasteiger partial charge >= 0.3 is 6.09 Å². The molecule has 0 spiro atoms. The van der Waals surface area contributed by atoms with Gasteiger partial charge in [-0.1, -0.05) is 31.5 Å². The molecule has 1 N–H and O–H groups in total. The van der Waals surface area contributed by atoms with Crippen LogP contribution in [0, 0.1) is 0 Å². The van der Waals surface area contributed by atoms with Crippen LogP contribution < -0.4 is 5.32 Å². The fraction of sp³-hybridized carbons (Fsp3) is 0.500. The minimum atomic E-state index is -0.468. The van der Waals surface area contributed by atoms with Crippen LogP contribution in [-0.2, 0) is 10.5 Å². The molecule has 1 amide bonds. The average molecular weight is 361 g/mol. The Balaban J connectivity index is 1.86. The van der Waals surface area contributed by atoms with E-state index in [9.17, 15) is 4.79 Å². The van der Waals surface area contributed by atoms with E-state index in [2.05, 4.69) is 29.4 Å². The molecule has 0 saturated carbocycles. The molecule has 2 aromatic rings. The minimum absolute atomic E-state index is 0.123. The number of nitrogens with zero attached hydrogens (tertiary/aromatic N) is 1. The average Bonchev–Trinajstić information content (AvgIpc) is 2.53. The van der Waals surface area contributed by atoms with Crippen molar-refractivity contribution in [3.63, 3.8) is 0 Å². The number of nitrogens with one attached hydrogen (secondary N) is 1. The first-order valence-corrected chi connectivity index (χ1v) is 9.94. The Kier molecular flexibility index (Phi) is 7.12. The van der Waals surface area contributed by atoms with Crippen LogP contribution in [0.4, 0.5) is 4.79 Å². The lowest BCUT2D eigenvalue weighted by molar-refractivity contribution is 0.0507. The molecule has 136 valence electrons. The lowest BCUT2D eigenvalue weighted by Gasteiger charge is -2.23. The fourth-order valence-electron chi connectivity index (χ4n) is 2.53. The number of hydrogen-bond acceptors (Lipinski definition) is 4. The van der Waals surface area contributed by atoms with Crippen LogP contribution in [0.3, 0.4) is 0 Å². The second-order valence-electron chi connectivity index (χ2n) is 7.18. The number of alkyl carbamates (subject to hydrolysis) is 1. The van der Waals surface area contributed by atoms with Gasteiger partial charge in [-0.05, 0) is 44.9 Å². The van der Waals surface area contributed by atoms with Gasteiger partial charge in [-0.25, -0.2) is 4.79 Å². The van der Waals surface area contributed by atoms with Crippen molar-refractivity contribution in [3.8, 4) is 0 Å². The molecule has 25 heavy (non-hydrogen) atoms. The first kappa shape index (κ1) is 19.6. The number of carbonyl (C=O) groups is 1. The zero-order valence-corrected chi connectivity index (χ0v) is 16.4. The monoisotopic (exact) mass is 360 g/mol. The summed E-state index contributed by atoms with van der Waals surface area (Å²) in [4.78, 5) is 16.5. The largest absolute Gasteiger partial charge is 0.444 e. The summed E-state index contributed by atoms with van der Waals surface area (Å²) in [5.41, 5.74) is 1.76. The van der Waals surface area contributed by atoms with Crippen molar-refractivity contribution in [2.45, 2.75) is 57.9 Å². The first-order valence-electron chi connectivity index (χ1n) is 8.78. The molecule has 5 heteroatoms. The van der Waals surface area contributed by atoms with Crippen molar-refractivity contribution < 1.29 is 9.53 Å². The van der Waals surface area contributed by atoms with Crippen LogP contribution in [-0.4, -0.2) is 28.5 Å². The van der Waals surface area contributed by atoms with Gasteiger partial charge in [0.2, 0.25) is 0 Å². The molecule has 0 unspecified atom stereocenters. The number of aromatic nitrogens is 1. The molecule has 0 saturated heterocycles. The van der Waals surface area contributed by atoms with E-state index in [0.717, 1.165) is 35.3 Å². The third-order valence-electron chi connectivity index (χ3n) is 3.59. The minimum Gasteiger partial charge on any atom is -0.444 e. The van der Waals surface area contributed by atoms with Gasteiger partial charge < -0.3 is 10.1 Å². The summed E-state index contributed by atoms with van der Waals surface area (Å²) in [6.45, 7) is 7.76. The molecule has 4 nitrogen and oxygen atoms in total. The fourth-order valence-corrected chi connectivity index (χ4v) is 3.58. The summed E-state index contributed by atoms with van der Waals surface area (Å²) in [6.07, 6.45) is 3.57. The van der Waals surface area contributed by atoms with Crippen molar-refractivity contribution in [2.24, 2.45) is 0 Å². The van der Waals surface area contributed by atoms with Crippen molar-refractivity contribution in [1.82, 2.24) is 10.3 Å². The molecular formula is C20H28N2O2S. The van der Waals surface area contributed by atoms with Gasteiger partial charge in [-0.15, -0.1) is 0 Å². The lowest BCUT2D eigenvalue weighted by Crippen LogP contribution is -2.40. The van der Waals surface area contributed by atoms with E-state index in [4.69, 9.17) is 4.74 Å². The van der Waals surface area contributed by atoms with Gasteiger partial charge in [0.1, 0.15) is 5.60 Å². The third-order valence-corrected chi connectivity index (χ3v) is 4.77. The van der Waals surface area contributed by atoms with Gasteiger partial charge in [0.05, 0.1) is 5.52 Å². The maximum absolute atomic E-state index is 12.0. The van der Waals surface area contributed by atoms with Crippen LogP contribution in [0.25, 0.3) is 10.9 Å². The Morgan fingerprint density at radius 2 is 2.08 bits per heavy atom. The summed E-state index contributed by atoms with van der Waals surface area (Å²) < 4.78 is 5.36. The van der Waals surface area contributed by atoms with E-state index in [1.807, 2.05) is 56.9 Å². The molecule has 0 aliphatic rings. The quantitative estimate of drug-likeness (QED) is 0.741. The Morgan fingerprint density at radius 3 is 2.80 bits per heavy atom. The molecule has 0 bridgehead atoms. The van der Waals surface area contributed by atoms with Gasteiger partial charge in [-0.2, -0.15) is 11.8 Å². The zero-order valence-electron chi connectivity index (χ0n) is 15.5. The molecule has 2 rings (SSSR count). The number of hydrogen-bond donors (Lipinski definition) is 1. The number of para-hydroxylation sites is 1. The maximum Gasteiger partial charge on any atom is 0.407 e. The topological polar surface area (TPSA) is 51.2 Å². The van der Waals surface area contributed by atoms with Crippen LogP contribution in [0.15, 0.2) is 36.5 Å². The normalized spacial score (nSPS) is 12.8. The first-order chi connectivity index (χ1) is 11.9. The highest BCUT2D eigenvalue weighted by Crippen LogP contribution is 2.19. The number of pyridine rings is 1. The molecule has 1 aromatic heterocycles. The Morgan fingerprint density at radius 1 is 1.32 bits per heavy atom. The van der Waals surface area contributed by atoms with E-state index >= 15 is 0 Å². The highest BCUT2D eigenvalue weighted by atomic mass is 32.2. The van der Waals surface area contributed by atoms with Crippen molar-refractivity contribution in [1.29, 1.82) is 0 Å². The number of rotatable bonds is 7. The summed E-state index contributed by atoms with van der Waals surface area (Å²) >= 11 is 1.81. The smallest absolute Gasteiger partial charge is 0.407 e. The SMILES string of the molecule is CCC[C@@H](CSCc1cnc2ccccc2c1)NC(=O)OC(C)(C)C. The van der Waals surface area contributed by atoms with Gasteiger partial charge in [0, 0.05) is 29.1 Å². The number of thioether (sulfide) groups is 1. The van der Waals surface area contributed by atoms with Gasteiger partial charge in [0.25, 0.3) is 0 Å². The summed E-state index contributed by atoms with van der Waals surface area (Å²) in [7, 11) is 0. The van der Waals surface area contributed by atoms with Crippen LogP contribution in [0.5, 0.6) is 0 Å². The summed E-state index contributed by atoms with van der Waals surface area (Å²) in [5.74, 6) is 1.74. The highest BCUT2D eigenvalue weighted by Gasteiger charge is 2.19. The van der Waals surface area contributed by atoms with Crippen LogP contribution in [0.2, 0.25) is 0 Å². The second kappa shape index (κ2) is 9.09. The molecule has 1 atom stereocenters. The van der Waals surface area contributed by atoms with Crippen molar-refractivity contribution >= 4 is 28.8 Å².